The number of anilines is 2. The molecule has 118 valence electrons. The number of rotatable bonds is 4. The predicted octanol–water partition coefficient (Wildman–Crippen LogP) is 2.43. The molecule has 0 aliphatic carbocycles. The summed E-state index contributed by atoms with van der Waals surface area (Å²) in [5, 5.41) is 13.5. The summed E-state index contributed by atoms with van der Waals surface area (Å²) in [4.78, 5) is 2.03. The molecule has 0 aliphatic rings. The molecule has 0 saturated carbocycles. The molecule has 0 amide bonds. The first-order chi connectivity index (χ1) is 8.08. The molecule has 0 heterocycles. The monoisotopic (exact) mass is 343 g/mol. The number of guanidine groups is 1. The minimum atomic E-state index is 0. The van der Waals surface area contributed by atoms with Crippen LogP contribution in [0.2, 0.25) is 0 Å². The summed E-state index contributed by atoms with van der Waals surface area (Å²) in [5.74, 6) is 0.299. The third kappa shape index (κ3) is 7.05. The van der Waals surface area contributed by atoms with E-state index in [0.717, 1.165) is 23.5 Å². The second-order valence-electron chi connectivity index (χ2n) is 3.97. The number of halogens is 3. The summed E-state index contributed by atoms with van der Waals surface area (Å²) >= 11 is 0. The highest BCUT2D eigenvalue weighted by Gasteiger charge is 2.05. The van der Waals surface area contributed by atoms with Crippen molar-refractivity contribution < 1.29 is 0 Å². The first kappa shape index (κ1) is 24.2. The molecular formula is C12H24Cl3N5. The minimum absolute atomic E-state index is 0. The minimum Gasteiger partial charge on any atom is -0.377 e. The van der Waals surface area contributed by atoms with Gasteiger partial charge in [0, 0.05) is 38.6 Å². The van der Waals surface area contributed by atoms with E-state index >= 15 is 0 Å². The van der Waals surface area contributed by atoms with Crippen LogP contribution in [-0.4, -0.2) is 26.6 Å². The maximum atomic E-state index is 7.63. The van der Waals surface area contributed by atoms with Crippen molar-refractivity contribution in [2.45, 2.75) is 13.5 Å². The van der Waals surface area contributed by atoms with E-state index in [1.165, 1.54) is 0 Å². The summed E-state index contributed by atoms with van der Waals surface area (Å²) in [6.07, 6.45) is 0. The zero-order chi connectivity index (χ0) is 12.8. The Bertz CT molecular complexity index is 399. The van der Waals surface area contributed by atoms with Crippen molar-refractivity contribution in [1.29, 1.82) is 5.41 Å². The van der Waals surface area contributed by atoms with Crippen molar-refractivity contribution in [2.75, 3.05) is 30.9 Å². The van der Waals surface area contributed by atoms with Gasteiger partial charge in [0.2, 0.25) is 0 Å². The Hall–Kier alpha value is -0.880. The van der Waals surface area contributed by atoms with E-state index in [2.05, 4.69) is 10.6 Å². The van der Waals surface area contributed by atoms with Crippen LogP contribution in [0.3, 0.4) is 0 Å². The van der Waals surface area contributed by atoms with Gasteiger partial charge < -0.3 is 21.3 Å². The van der Waals surface area contributed by atoms with Crippen LogP contribution in [0.15, 0.2) is 18.2 Å². The quantitative estimate of drug-likeness (QED) is 0.500. The van der Waals surface area contributed by atoms with Gasteiger partial charge >= 0.3 is 0 Å². The van der Waals surface area contributed by atoms with Crippen LogP contribution in [0, 0.1) is 5.41 Å². The van der Waals surface area contributed by atoms with Crippen molar-refractivity contribution >= 4 is 54.6 Å². The predicted molar refractivity (Wildman–Crippen MR) is 95.4 cm³/mol. The van der Waals surface area contributed by atoms with Gasteiger partial charge in [-0.3, -0.25) is 5.41 Å². The molecule has 0 saturated heterocycles. The van der Waals surface area contributed by atoms with Gasteiger partial charge in [-0.25, -0.2) is 0 Å². The van der Waals surface area contributed by atoms with Crippen LogP contribution < -0.4 is 21.3 Å². The molecule has 0 spiro atoms. The lowest BCUT2D eigenvalue weighted by molar-refractivity contribution is 0.953. The fraction of sp³-hybridized carbons (Fsp3) is 0.417. The summed E-state index contributed by atoms with van der Waals surface area (Å²) in [6, 6.07) is 5.92. The molecule has 0 aromatic heterocycles. The first-order valence-corrected chi connectivity index (χ1v) is 5.68. The Labute approximate surface area is 139 Å². The van der Waals surface area contributed by atoms with Crippen LogP contribution in [0.4, 0.5) is 11.4 Å². The van der Waals surface area contributed by atoms with E-state index < -0.39 is 0 Å². The molecular weight excluding hydrogens is 321 g/mol. The molecule has 1 aromatic rings. The molecule has 1 rings (SSSR count). The van der Waals surface area contributed by atoms with Crippen LogP contribution >= 0.6 is 37.2 Å². The maximum absolute atomic E-state index is 7.63. The average molecular weight is 345 g/mol. The summed E-state index contributed by atoms with van der Waals surface area (Å²) in [6.45, 7) is 3.17. The van der Waals surface area contributed by atoms with Crippen LogP contribution in [0.1, 0.15) is 12.5 Å². The van der Waals surface area contributed by atoms with E-state index in [1.807, 2.05) is 44.1 Å². The van der Waals surface area contributed by atoms with Gasteiger partial charge in [-0.15, -0.1) is 37.2 Å². The van der Waals surface area contributed by atoms with Crippen LogP contribution in [-0.2, 0) is 6.54 Å². The lowest BCUT2D eigenvalue weighted by Crippen LogP contribution is -2.29. The highest BCUT2D eigenvalue weighted by atomic mass is 35.5. The molecule has 0 aliphatic heterocycles. The fourth-order valence-corrected chi connectivity index (χ4v) is 1.63. The van der Waals surface area contributed by atoms with Crippen molar-refractivity contribution in [3.05, 3.63) is 23.8 Å². The first-order valence-electron chi connectivity index (χ1n) is 5.68. The fourth-order valence-electron chi connectivity index (χ4n) is 1.63. The van der Waals surface area contributed by atoms with E-state index in [4.69, 9.17) is 11.1 Å². The van der Waals surface area contributed by atoms with Gasteiger partial charge in [-0.2, -0.15) is 0 Å². The molecule has 1 aromatic carbocycles. The Balaban J connectivity index is -0.000000963. The summed E-state index contributed by atoms with van der Waals surface area (Å²) in [5.41, 5.74) is 8.76. The topological polar surface area (TPSA) is 77.2 Å². The largest absolute Gasteiger partial charge is 0.377 e. The highest BCUT2D eigenvalue weighted by molar-refractivity contribution is 5.91. The Morgan fingerprint density at radius 2 is 1.85 bits per heavy atom. The number of nitrogens with one attached hydrogen (secondary N) is 3. The second-order valence-corrected chi connectivity index (χ2v) is 3.97. The Morgan fingerprint density at radius 1 is 1.25 bits per heavy atom. The van der Waals surface area contributed by atoms with E-state index in [0.29, 0.717) is 12.5 Å². The molecule has 20 heavy (non-hydrogen) atoms. The normalized spacial score (nSPS) is 8.40. The Morgan fingerprint density at radius 3 is 2.30 bits per heavy atom. The zero-order valence-electron chi connectivity index (χ0n) is 11.9. The smallest absolute Gasteiger partial charge is 0.192 e. The van der Waals surface area contributed by atoms with Gasteiger partial charge in [0.05, 0.1) is 0 Å². The molecule has 5 nitrogen and oxygen atoms in total. The summed E-state index contributed by atoms with van der Waals surface area (Å²) in [7, 11) is 3.98. The SMILES string of the molecule is CCNC(=N)Nc1ccc(N(C)C)c(CN)c1.Cl.Cl.Cl. The number of nitrogens with two attached hydrogens (primary N) is 1. The van der Waals surface area contributed by atoms with Gasteiger partial charge in [-0.05, 0) is 30.7 Å². The van der Waals surface area contributed by atoms with Gasteiger partial charge in [0.25, 0.3) is 0 Å². The van der Waals surface area contributed by atoms with Gasteiger partial charge in [0.15, 0.2) is 5.96 Å². The molecule has 0 radical (unpaired) electrons. The molecule has 0 atom stereocenters. The highest BCUT2D eigenvalue weighted by Crippen LogP contribution is 2.22. The summed E-state index contributed by atoms with van der Waals surface area (Å²) < 4.78 is 0. The second kappa shape index (κ2) is 11.9. The lowest BCUT2D eigenvalue weighted by atomic mass is 10.1. The van der Waals surface area contributed by atoms with Gasteiger partial charge in [-0.1, -0.05) is 0 Å². The van der Waals surface area contributed by atoms with Crippen LogP contribution in [0.5, 0.6) is 0 Å². The van der Waals surface area contributed by atoms with Crippen molar-refractivity contribution in [3.8, 4) is 0 Å². The molecule has 0 bridgehead atoms. The van der Waals surface area contributed by atoms with E-state index in [1.54, 1.807) is 0 Å². The maximum Gasteiger partial charge on any atom is 0.192 e. The third-order valence-corrected chi connectivity index (χ3v) is 2.40. The standard InChI is InChI=1S/C12H21N5.3ClH/c1-4-15-12(14)16-10-5-6-11(17(2)3)9(7-10)8-13;;;/h5-7H,4,8,13H2,1-3H3,(H3,14,15,16);3*1H. The number of benzene rings is 1. The van der Waals surface area contributed by atoms with Crippen molar-refractivity contribution in [3.63, 3.8) is 0 Å². The number of hydrogen-bond donors (Lipinski definition) is 4. The average Bonchev–Trinajstić information content (AvgIpc) is 2.28. The third-order valence-electron chi connectivity index (χ3n) is 2.40. The molecule has 5 N–H and O–H groups in total. The van der Waals surface area contributed by atoms with E-state index in [9.17, 15) is 0 Å². The van der Waals surface area contributed by atoms with Crippen LogP contribution in [0.25, 0.3) is 0 Å². The number of nitrogens with zero attached hydrogens (tertiary/aromatic N) is 1. The Kier molecular flexibility index (Phi) is 14.4. The molecule has 8 heteroatoms. The molecule has 0 unspecified atom stereocenters. The van der Waals surface area contributed by atoms with Crippen molar-refractivity contribution in [2.24, 2.45) is 5.73 Å². The van der Waals surface area contributed by atoms with Crippen molar-refractivity contribution in [1.82, 2.24) is 5.32 Å². The van der Waals surface area contributed by atoms with Gasteiger partial charge in [0.1, 0.15) is 0 Å². The lowest BCUT2D eigenvalue weighted by Gasteiger charge is -2.18. The zero-order valence-corrected chi connectivity index (χ0v) is 14.3. The number of hydrogen-bond acceptors (Lipinski definition) is 3. The van der Waals surface area contributed by atoms with E-state index in [-0.39, 0.29) is 37.2 Å². The molecule has 0 fully saturated rings.